The fourth-order valence-corrected chi connectivity index (χ4v) is 3.36. The number of oxazole rings is 1. The zero-order valence-corrected chi connectivity index (χ0v) is 17.0. The molecule has 7 nitrogen and oxygen atoms in total. The van der Waals surface area contributed by atoms with E-state index in [2.05, 4.69) is 10.3 Å². The number of fused-ring (bicyclic) bond motifs is 1. The van der Waals surface area contributed by atoms with Crippen LogP contribution in [0.2, 0.25) is 10.0 Å². The number of rotatable bonds is 4. The summed E-state index contributed by atoms with van der Waals surface area (Å²) in [5.41, 5.74) is 2.78. The molecule has 0 bridgehead atoms. The summed E-state index contributed by atoms with van der Waals surface area (Å²) in [6, 6.07) is 14.2. The zero-order chi connectivity index (χ0) is 21.4. The van der Waals surface area contributed by atoms with E-state index in [-0.39, 0.29) is 5.69 Å². The maximum absolute atomic E-state index is 12.5. The van der Waals surface area contributed by atoms with Crippen LogP contribution in [-0.4, -0.2) is 15.8 Å². The SMILES string of the molecule is Cc1cc(C(=O)Nc2ccc3oc(-c4cc(Cl)ccc4Cl)nc3c2)ccc1[N+](=O)[O-]. The Hall–Kier alpha value is -3.42. The number of aryl methyl sites for hydroxylation is 1. The second-order valence-corrected chi connectivity index (χ2v) is 7.38. The summed E-state index contributed by atoms with van der Waals surface area (Å²) < 4.78 is 5.76. The molecule has 0 radical (unpaired) electrons. The van der Waals surface area contributed by atoms with Crippen LogP contribution in [0.4, 0.5) is 11.4 Å². The molecule has 0 unspecified atom stereocenters. The Morgan fingerprint density at radius 3 is 2.63 bits per heavy atom. The van der Waals surface area contributed by atoms with E-state index in [9.17, 15) is 14.9 Å². The zero-order valence-electron chi connectivity index (χ0n) is 15.5. The predicted molar refractivity (Wildman–Crippen MR) is 115 cm³/mol. The second kappa shape index (κ2) is 7.78. The Kier molecular flexibility index (Phi) is 5.15. The molecule has 3 aromatic carbocycles. The summed E-state index contributed by atoms with van der Waals surface area (Å²) in [6.45, 7) is 1.58. The van der Waals surface area contributed by atoms with Gasteiger partial charge in [0.15, 0.2) is 5.58 Å². The van der Waals surface area contributed by atoms with Crippen molar-refractivity contribution in [3.8, 4) is 11.5 Å². The van der Waals surface area contributed by atoms with E-state index in [1.54, 1.807) is 43.3 Å². The maximum Gasteiger partial charge on any atom is 0.272 e. The maximum atomic E-state index is 12.5. The minimum absolute atomic E-state index is 0.0391. The third-order valence-electron chi connectivity index (χ3n) is 4.46. The van der Waals surface area contributed by atoms with Gasteiger partial charge in [0.2, 0.25) is 5.89 Å². The Morgan fingerprint density at radius 1 is 1.10 bits per heavy atom. The number of amides is 1. The van der Waals surface area contributed by atoms with E-state index in [0.29, 0.717) is 49.4 Å². The number of hydrogen-bond acceptors (Lipinski definition) is 5. The molecule has 0 spiro atoms. The van der Waals surface area contributed by atoms with Gasteiger partial charge in [-0.3, -0.25) is 14.9 Å². The van der Waals surface area contributed by atoms with Crippen LogP contribution >= 0.6 is 23.2 Å². The van der Waals surface area contributed by atoms with Gasteiger partial charge in [-0.05, 0) is 55.5 Å². The molecule has 0 aliphatic rings. The predicted octanol–water partition coefficient (Wildman–Crippen LogP) is 6.27. The minimum atomic E-state index is -0.487. The van der Waals surface area contributed by atoms with Gasteiger partial charge in [-0.1, -0.05) is 23.2 Å². The first kappa shape index (κ1) is 19.9. The van der Waals surface area contributed by atoms with E-state index in [1.807, 2.05) is 0 Å². The third kappa shape index (κ3) is 3.85. The average molecular weight is 442 g/mol. The van der Waals surface area contributed by atoms with Gasteiger partial charge in [0.05, 0.1) is 15.5 Å². The van der Waals surface area contributed by atoms with Gasteiger partial charge in [-0.15, -0.1) is 0 Å². The van der Waals surface area contributed by atoms with Crippen LogP contribution < -0.4 is 5.32 Å². The Balaban J connectivity index is 1.61. The van der Waals surface area contributed by atoms with Crippen molar-refractivity contribution in [3.05, 3.63) is 85.9 Å². The number of nitrogens with one attached hydrogen (secondary N) is 1. The molecule has 1 heterocycles. The number of nitro groups is 1. The number of benzene rings is 3. The van der Waals surface area contributed by atoms with Gasteiger partial charge >= 0.3 is 0 Å². The van der Waals surface area contributed by atoms with Gasteiger partial charge in [0.1, 0.15) is 5.52 Å². The van der Waals surface area contributed by atoms with E-state index in [0.717, 1.165) is 0 Å². The summed E-state index contributed by atoms with van der Waals surface area (Å²) in [4.78, 5) is 27.4. The van der Waals surface area contributed by atoms with Crippen LogP contribution in [0, 0.1) is 17.0 Å². The molecule has 1 N–H and O–H groups in total. The van der Waals surface area contributed by atoms with Crippen molar-refractivity contribution in [2.75, 3.05) is 5.32 Å². The first-order valence-corrected chi connectivity index (χ1v) is 9.50. The highest BCUT2D eigenvalue weighted by molar-refractivity contribution is 6.35. The number of nitrogens with zero attached hydrogens (tertiary/aromatic N) is 2. The standard InChI is InChI=1S/C21H13Cl2N3O4/c1-11-8-12(2-6-18(11)26(28)29)20(27)24-14-4-7-19-17(10-14)25-21(30-19)15-9-13(22)3-5-16(15)23/h2-10H,1H3,(H,24,27). The highest BCUT2D eigenvalue weighted by Gasteiger charge is 2.16. The lowest BCUT2D eigenvalue weighted by Gasteiger charge is -2.06. The lowest BCUT2D eigenvalue weighted by molar-refractivity contribution is -0.385. The molecule has 0 fully saturated rings. The molecule has 30 heavy (non-hydrogen) atoms. The number of nitro benzene ring substituents is 1. The molecule has 150 valence electrons. The largest absolute Gasteiger partial charge is 0.436 e. The number of anilines is 1. The van der Waals surface area contributed by atoms with Crippen LogP contribution in [0.3, 0.4) is 0 Å². The monoisotopic (exact) mass is 441 g/mol. The summed E-state index contributed by atoms with van der Waals surface area (Å²) in [5.74, 6) is -0.0825. The van der Waals surface area contributed by atoms with Crippen molar-refractivity contribution in [1.82, 2.24) is 4.98 Å². The molecule has 0 saturated heterocycles. The van der Waals surface area contributed by atoms with E-state index in [1.165, 1.54) is 18.2 Å². The molecule has 4 rings (SSSR count). The van der Waals surface area contributed by atoms with E-state index >= 15 is 0 Å². The first-order chi connectivity index (χ1) is 14.3. The second-order valence-electron chi connectivity index (χ2n) is 6.54. The molecule has 0 saturated carbocycles. The molecule has 0 aliphatic heterocycles. The molecule has 0 aliphatic carbocycles. The van der Waals surface area contributed by atoms with Crippen LogP contribution in [-0.2, 0) is 0 Å². The van der Waals surface area contributed by atoms with Crippen LogP contribution in [0.5, 0.6) is 0 Å². The van der Waals surface area contributed by atoms with Crippen LogP contribution in [0.1, 0.15) is 15.9 Å². The number of carbonyl (C=O) groups is 1. The molecule has 1 amide bonds. The van der Waals surface area contributed by atoms with Crippen molar-refractivity contribution < 1.29 is 14.1 Å². The van der Waals surface area contributed by atoms with Crippen molar-refractivity contribution in [2.45, 2.75) is 6.92 Å². The Bertz CT molecular complexity index is 1320. The number of carbonyl (C=O) groups excluding carboxylic acids is 1. The molecular formula is C21H13Cl2N3O4. The van der Waals surface area contributed by atoms with Gasteiger partial charge in [-0.2, -0.15) is 0 Å². The van der Waals surface area contributed by atoms with Crippen molar-refractivity contribution in [1.29, 1.82) is 0 Å². The number of halogens is 2. The summed E-state index contributed by atoms with van der Waals surface area (Å²) in [5, 5.41) is 14.6. The lowest BCUT2D eigenvalue weighted by atomic mass is 10.1. The van der Waals surface area contributed by atoms with Crippen LogP contribution in [0.25, 0.3) is 22.6 Å². The average Bonchev–Trinajstić information content (AvgIpc) is 3.12. The lowest BCUT2D eigenvalue weighted by Crippen LogP contribution is -2.12. The Morgan fingerprint density at radius 2 is 1.90 bits per heavy atom. The molecule has 1 aromatic heterocycles. The van der Waals surface area contributed by atoms with Crippen molar-refractivity contribution >= 4 is 51.6 Å². The van der Waals surface area contributed by atoms with Gasteiger partial charge < -0.3 is 9.73 Å². The van der Waals surface area contributed by atoms with Crippen molar-refractivity contribution in [2.24, 2.45) is 0 Å². The summed E-state index contributed by atoms with van der Waals surface area (Å²) >= 11 is 12.2. The third-order valence-corrected chi connectivity index (χ3v) is 5.02. The highest BCUT2D eigenvalue weighted by Crippen LogP contribution is 2.33. The van der Waals surface area contributed by atoms with Crippen LogP contribution in [0.15, 0.2) is 59.0 Å². The Labute approximate surface area is 180 Å². The number of hydrogen-bond donors (Lipinski definition) is 1. The fraction of sp³-hybridized carbons (Fsp3) is 0.0476. The van der Waals surface area contributed by atoms with E-state index < -0.39 is 10.8 Å². The molecule has 9 heteroatoms. The smallest absolute Gasteiger partial charge is 0.272 e. The first-order valence-electron chi connectivity index (χ1n) is 8.74. The fourth-order valence-electron chi connectivity index (χ4n) is 2.99. The van der Waals surface area contributed by atoms with Gasteiger partial charge in [0.25, 0.3) is 11.6 Å². The molecular weight excluding hydrogens is 429 g/mol. The van der Waals surface area contributed by atoms with Gasteiger partial charge in [-0.25, -0.2) is 4.98 Å². The summed E-state index contributed by atoms with van der Waals surface area (Å²) in [7, 11) is 0. The highest BCUT2D eigenvalue weighted by atomic mass is 35.5. The quantitative estimate of drug-likeness (QED) is 0.297. The van der Waals surface area contributed by atoms with E-state index in [4.69, 9.17) is 27.6 Å². The minimum Gasteiger partial charge on any atom is -0.436 e. The van der Waals surface area contributed by atoms with Gasteiger partial charge in [0, 0.05) is 27.9 Å². The normalized spacial score (nSPS) is 10.9. The summed E-state index contributed by atoms with van der Waals surface area (Å²) in [6.07, 6.45) is 0. The molecule has 0 atom stereocenters. The molecule has 4 aromatic rings. The topological polar surface area (TPSA) is 98.3 Å². The number of aromatic nitrogens is 1. The van der Waals surface area contributed by atoms with Crippen molar-refractivity contribution in [3.63, 3.8) is 0 Å².